The first-order valence-corrected chi connectivity index (χ1v) is 19.4. The molecule has 0 spiro atoms. The molecule has 0 aromatic carbocycles. The average molecular weight is 683 g/mol. The smallest absolute Gasteiger partial charge is 0.307 e. The van der Waals surface area contributed by atoms with Crippen molar-refractivity contribution in [2.24, 2.45) is 56.7 Å². The number of nitrogen functional groups attached to an aromatic ring is 1. The SMILES string of the molecule is CC(C)[C@@H](C)[C@@]1(C)CC[C@]2(C)[C@H]3CC[C@@H]4[C@@]5(COC[C@@]4(C)[C@@H](OCCCCCCN(C)C)[C@H](n4nnc(N)n4)C5)C3=CC[C@@]2(C)[C@@H]1C(=O)O. The fraction of sp³-hybridized carbons (Fsp3) is 0.897. The number of aromatic nitrogens is 4. The Hall–Kier alpha value is -2.04. The number of nitrogens with zero attached hydrogens (tertiary/aromatic N) is 5. The molecule has 0 amide bonds. The molecule has 1 aromatic heterocycles. The van der Waals surface area contributed by atoms with Crippen molar-refractivity contribution in [2.75, 3.05) is 46.2 Å². The van der Waals surface area contributed by atoms with Gasteiger partial charge in [-0.25, -0.2) is 0 Å². The average Bonchev–Trinajstić information content (AvgIpc) is 3.46. The van der Waals surface area contributed by atoms with Gasteiger partial charge in [0.05, 0.1) is 25.2 Å². The molecule has 11 atom stereocenters. The van der Waals surface area contributed by atoms with Crippen LogP contribution in [0, 0.1) is 56.7 Å². The number of fused-ring (bicyclic) bond motifs is 3. The van der Waals surface area contributed by atoms with Crippen molar-refractivity contribution >= 4 is 11.9 Å². The van der Waals surface area contributed by atoms with Crippen LogP contribution in [0.25, 0.3) is 0 Å². The van der Waals surface area contributed by atoms with Crippen LogP contribution < -0.4 is 5.73 Å². The summed E-state index contributed by atoms with van der Waals surface area (Å²) in [4.78, 5) is 17.4. The molecule has 6 rings (SSSR count). The van der Waals surface area contributed by atoms with E-state index in [1.807, 2.05) is 0 Å². The number of carboxylic acids is 1. The van der Waals surface area contributed by atoms with Crippen LogP contribution in [0.5, 0.6) is 0 Å². The molecule has 2 heterocycles. The highest BCUT2D eigenvalue weighted by Crippen LogP contribution is 2.75. The van der Waals surface area contributed by atoms with Crippen LogP contribution in [0.4, 0.5) is 5.95 Å². The molecule has 49 heavy (non-hydrogen) atoms. The summed E-state index contributed by atoms with van der Waals surface area (Å²) in [6.07, 6.45) is 12.7. The molecule has 3 saturated carbocycles. The number of hydrogen-bond acceptors (Lipinski definition) is 8. The van der Waals surface area contributed by atoms with Gasteiger partial charge in [-0.1, -0.05) is 78.1 Å². The molecular weight excluding hydrogens is 616 g/mol. The van der Waals surface area contributed by atoms with E-state index < -0.39 is 11.9 Å². The maximum atomic E-state index is 13.4. The molecule has 5 aliphatic rings. The largest absolute Gasteiger partial charge is 0.481 e. The van der Waals surface area contributed by atoms with Gasteiger partial charge in [0.2, 0.25) is 0 Å². The van der Waals surface area contributed by atoms with E-state index in [-0.39, 0.29) is 45.2 Å². The Bertz CT molecular complexity index is 1400. The van der Waals surface area contributed by atoms with Gasteiger partial charge in [-0.15, -0.1) is 5.10 Å². The number of carbonyl (C=O) groups is 1. The summed E-state index contributed by atoms with van der Waals surface area (Å²) < 4.78 is 13.6. The summed E-state index contributed by atoms with van der Waals surface area (Å²) in [5, 5.41) is 24.2. The number of anilines is 1. The van der Waals surface area contributed by atoms with E-state index in [1.54, 1.807) is 4.80 Å². The van der Waals surface area contributed by atoms with Crippen molar-refractivity contribution in [3.63, 3.8) is 0 Å². The van der Waals surface area contributed by atoms with Gasteiger partial charge < -0.3 is 25.2 Å². The second kappa shape index (κ2) is 13.2. The third-order valence-corrected chi connectivity index (χ3v) is 15.6. The summed E-state index contributed by atoms with van der Waals surface area (Å²) in [5.41, 5.74) is 6.43. The minimum Gasteiger partial charge on any atom is -0.481 e. The highest BCUT2D eigenvalue weighted by Gasteiger charge is 2.72. The van der Waals surface area contributed by atoms with Crippen LogP contribution in [0.1, 0.15) is 119 Å². The molecule has 1 aromatic rings. The Morgan fingerprint density at radius 3 is 2.47 bits per heavy atom. The molecule has 0 unspecified atom stereocenters. The summed E-state index contributed by atoms with van der Waals surface area (Å²) in [7, 11) is 4.26. The number of tetrazole rings is 1. The topological polar surface area (TPSA) is 129 Å². The van der Waals surface area contributed by atoms with Crippen LogP contribution in [-0.2, 0) is 14.3 Å². The lowest BCUT2D eigenvalue weighted by Crippen LogP contribution is -2.69. The van der Waals surface area contributed by atoms with E-state index in [0.29, 0.717) is 43.5 Å². The molecule has 0 radical (unpaired) electrons. The van der Waals surface area contributed by atoms with Gasteiger partial charge >= 0.3 is 5.97 Å². The molecular formula is C39H66N6O4. The zero-order chi connectivity index (χ0) is 35.6. The van der Waals surface area contributed by atoms with E-state index in [9.17, 15) is 9.90 Å². The van der Waals surface area contributed by atoms with Crippen molar-refractivity contribution in [1.29, 1.82) is 0 Å². The summed E-state index contributed by atoms with van der Waals surface area (Å²) in [6.45, 7) is 19.4. The van der Waals surface area contributed by atoms with Crippen LogP contribution >= 0.6 is 0 Å². The van der Waals surface area contributed by atoms with Gasteiger partial charge in [0.1, 0.15) is 6.04 Å². The molecule has 276 valence electrons. The normalized spacial score (nSPS) is 42.3. The number of hydrogen-bond donors (Lipinski definition) is 2. The Labute approximate surface area is 295 Å². The van der Waals surface area contributed by atoms with Crippen LogP contribution in [-0.4, -0.2) is 82.7 Å². The lowest BCUT2D eigenvalue weighted by molar-refractivity contribution is -0.251. The Morgan fingerprint density at radius 2 is 1.82 bits per heavy atom. The number of ether oxygens (including phenoxy) is 2. The lowest BCUT2D eigenvalue weighted by atomic mass is 9.34. The molecule has 10 nitrogen and oxygen atoms in total. The quantitative estimate of drug-likeness (QED) is 0.179. The number of rotatable bonds is 12. The first-order chi connectivity index (χ1) is 23.0. The number of allylic oxidation sites excluding steroid dienone is 1. The van der Waals surface area contributed by atoms with Gasteiger partial charge in [-0.3, -0.25) is 4.79 Å². The van der Waals surface area contributed by atoms with E-state index in [2.05, 4.69) is 88.9 Å². The van der Waals surface area contributed by atoms with E-state index in [1.165, 1.54) is 18.4 Å². The molecule has 10 heteroatoms. The minimum atomic E-state index is -0.619. The predicted molar refractivity (Wildman–Crippen MR) is 192 cm³/mol. The predicted octanol–water partition coefficient (Wildman–Crippen LogP) is 6.89. The van der Waals surface area contributed by atoms with E-state index >= 15 is 0 Å². The van der Waals surface area contributed by atoms with Crippen molar-refractivity contribution in [3.05, 3.63) is 11.6 Å². The fourth-order valence-electron chi connectivity index (χ4n) is 12.6. The van der Waals surface area contributed by atoms with E-state index in [0.717, 1.165) is 57.9 Å². The molecule has 1 aliphatic heterocycles. The van der Waals surface area contributed by atoms with Crippen molar-refractivity contribution in [2.45, 2.75) is 125 Å². The molecule has 3 N–H and O–H groups in total. The van der Waals surface area contributed by atoms with Crippen molar-refractivity contribution in [1.82, 2.24) is 25.1 Å². The Kier molecular flexibility index (Phi) is 9.88. The Balaban J connectivity index is 1.34. The first-order valence-electron chi connectivity index (χ1n) is 19.4. The van der Waals surface area contributed by atoms with Crippen molar-refractivity contribution in [3.8, 4) is 0 Å². The summed E-state index contributed by atoms with van der Waals surface area (Å²) in [6, 6.07) is -0.113. The highest BCUT2D eigenvalue weighted by atomic mass is 16.5. The van der Waals surface area contributed by atoms with Crippen LogP contribution in [0.3, 0.4) is 0 Å². The third kappa shape index (κ3) is 5.69. The number of nitrogens with two attached hydrogens (primary N) is 1. The van der Waals surface area contributed by atoms with Gasteiger partial charge in [0, 0.05) is 17.4 Å². The number of unbranched alkanes of at least 4 members (excludes halogenated alkanes) is 3. The molecule has 1 saturated heterocycles. The fourth-order valence-corrected chi connectivity index (χ4v) is 12.6. The van der Waals surface area contributed by atoms with Crippen LogP contribution in [0.2, 0.25) is 0 Å². The Morgan fingerprint density at radius 1 is 1.08 bits per heavy atom. The minimum absolute atomic E-state index is 0.113. The lowest BCUT2D eigenvalue weighted by Gasteiger charge is -2.71. The zero-order valence-corrected chi connectivity index (χ0v) is 32.0. The first kappa shape index (κ1) is 36.7. The monoisotopic (exact) mass is 683 g/mol. The van der Waals surface area contributed by atoms with Gasteiger partial charge in [-0.05, 0) is 117 Å². The standard InChI is InChI=1S/C39H66N6O4/c1-25(2)26(3)35(4)18-19-37(6)27-14-15-30-36(5)23-48-24-39(30,28(27)16-17-38(37,7)31(35)33(46)47)22-29(45-42-34(40)41-43-45)32(36)49-21-13-11-10-12-20-44(8)9/h16,25-27,29-32H,10-15,17-24H2,1-9H3,(H2,40,42)(H,46,47)/t26-,27+,29-,30+,31-,32+,35-,36-,37-,38+,39+/m1/s1. The van der Waals surface area contributed by atoms with Crippen LogP contribution in [0.15, 0.2) is 11.6 Å². The van der Waals surface area contributed by atoms with E-state index in [4.69, 9.17) is 15.2 Å². The zero-order valence-electron chi connectivity index (χ0n) is 32.0. The molecule has 4 fully saturated rings. The highest BCUT2D eigenvalue weighted by molar-refractivity contribution is 5.73. The summed E-state index contributed by atoms with van der Waals surface area (Å²) in [5.74, 6) is 0.620. The maximum Gasteiger partial charge on any atom is 0.307 e. The second-order valence-electron chi connectivity index (χ2n) is 18.6. The second-order valence-corrected chi connectivity index (χ2v) is 18.6. The van der Waals surface area contributed by atoms with Gasteiger partial charge in [-0.2, -0.15) is 4.80 Å². The van der Waals surface area contributed by atoms with Crippen molar-refractivity contribution < 1.29 is 19.4 Å². The maximum absolute atomic E-state index is 13.4. The molecule has 2 bridgehead atoms. The number of aliphatic carboxylic acids is 1. The van der Waals surface area contributed by atoms with Gasteiger partial charge in [0.25, 0.3) is 5.95 Å². The molecule has 4 aliphatic carbocycles. The summed E-state index contributed by atoms with van der Waals surface area (Å²) >= 11 is 0. The third-order valence-electron chi connectivity index (χ3n) is 15.6. The number of carboxylic acid groups (broad SMARTS) is 1. The van der Waals surface area contributed by atoms with Gasteiger partial charge in [0.15, 0.2) is 0 Å².